The molecule has 5 heteroatoms. The minimum absolute atomic E-state index is 0.186. The van der Waals surface area contributed by atoms with Crippen molar-refractivity contribution in [2.75, 3.05) is 0 Å². The third kappa shape index (κ3) is 6.54. The van der Waals surface area contributed by atoms with E-state index in [0.29, 0.717) is 23.0 Å². The highest BCUT2D eigenvalue weighted by Gasteiger charge is 2.19. The number of hydrogen-bond donors (Lipinski definition) is 0. The van der Waals surface area contributed by atoms with E-state index in [1.54, 1.807) is 6.07 Å². The monoisotopic (exact) mass is 610 g/mol. The third-order valence-corrected chi connectivity index (χ3v) is 11.9. The Kier molecular flexibility index (Phi) is 6.48. The molecule has 3 nitrogen and oxygen atoms in total. The first-order chi connectivity index (χ1) is 23.1. The van der Waals surface area contributed by atoms with Crippen molar-refractivity contribution in [1.29, 1.82) is 0 Å². The summed E-state index contributed by atoms with van der Waals surface area (Å²) < 4.78 is 41.0. The Hall–Kier alpha value is -4.46. The van der Waals surface area contributed by atoms with Gasteiger partial charge >= 0.3 is 0 Å². The molecule has 0 unspecified atom stereocenters. The minimum Gasteiger partial charge on any atom is -0.208 e. The van der Waals surface area contributed by atoms with Gasteiger partial charge in [-0.25, -0.2) is 15.0 Å². The second-order valence-electron chi connectivity index (χ2n) is 13.1. The van der Waals surface area contributed by atoms with E-state index in [1.165, 1.54) is 10.4 Å². The Morgan fingerprint density at radius 2 is 0.773 bits per heavy atom. The average molecular weight is 611 g/mol. The van der Waals surface area contributed by atoms with Gasteiger partial charge < -0.3 is 0 Å². The molecule has 0 aliphatic rings. The molecule has 5 aromatic carbocycles. The molecule has 218 valence electrons. The molecule has 0 bridgehead atoms. The van der Waals surface area contributed by atoms with E-state index in [0.717, 1.165) is 27.8 Å². The Bertz CT molecular complexity index is 2070. The van der Waals surface area contributed by atoms with E-state index in [1.807, 2.05) is 42.5 Å². The van der Waals surface area contributed by atoms with Crippen LogP contribution in [0, 0.1) is 0 Å². The zero-order valence-corrected chi connectivity index (χ0v) is 28.1. The van der Waals surface area contributed by atoms with Crippen LogP contribution in [0.3, 0.4) is 0 Å². The lowest BCUT2D eigenvalue weighted by molar-refractivity contribution is 1.07. The quantitative estimate of drug-likeness (QED) is 0.169. The van der Waals surface area contributed by atoms with Gasteiger partial charge in [0.2, 0.25) is 0 Å². The average Bonchev–Trinajstić information content (AvgIpc) is 3.09. The fraction of sp³-hybridized carbons (Fsp3) is 0.154. The van der Waals surface area contributed by atoms with Crippen LogP contribution in [0.25, 0.3) is 56.4 Å². The number of aromatic nitrogens is 3. The topological polar surface area (TPSA) is 38.7 Å². The standard InChI is InChI=1S/C39H39N3Si2/c1-43(2,3)35-23-19-31(20-24-35)38-40-37(41-39(42-38)32-21-25-36(26-22-32)44(4,5)6)30-17-15-29(16-18-30)34-14-10-13-33(27-34)28-11-8-7-9-12-28/h7-27H,1-6H3/i7D,8D,9D,11D,12D. The summed E-state index contributed by atoms with van der Waals surface area (Å²) in [4.78, 5) is 14.9. The van der Waals surface area contributed by atoms with Crippen molar-refractivity contribution in [3.05, 3.63) is 127 Å². The van der Waals surface area contributed by atoms with Crippen molar-refractivity contribution in [3.8, 4) is 56.4 Å². The summed E-state index contributed by atoms with van der Waals surface area (Å²) in [7, 11) is -2.94. The van der Waals surface area contributed by atoms with Gasteiger partial charge in [0.25, 0.3) is 0 Å². The van der Waals surface area contributed by atoms with E-state index in [9.17, 15) is 0 Å². The number of hydrogen-bond acceptors (Lipinski definition) is 3. The van der Waals surface area contributed by atoms with Crippen LogP contribution in [0.5, 0.6) is 0 Å². The summed E-state index contributed by atoms with van der Waals surface area (Å²) in [6.45, 7) is 14.0. The maximum atomic E-state index is 8.42. The predicted molar refractivity (Wildman–Crippen MR) is 193 cm³/mol. The van der Waals surface area contributed by atoms with Crippen molar-refractivity contribution >= 4 is 26.5 Å². The van der Waals surface area contributed by atoms with E-state index in [2.05, 4.69) is 87.8 Å². The summed E-state index contributed by atoms with van der Waals surface area (Å²) in [6, 6.07) is 31.0. The van der Waals surface area contributed by atoms with Crippen molar-refractivity contribution in [3.63, 3.8) is 0 Å². The van der Waals surface area contributed by atoms with E-state index in [-0.39, 0.29) is 29.7 Å². The predicted octanol–water partition coefficient (Wildman–Crippen LogP) is 9.30. The lowest BCUT2D eigenvalue weighted by atomic mass is 9.98. The van der Waals surface area contributed by atoms with Crippen LogP contribution in [-0.2, 0) is 0 Å². The van der Waals surface area contributed by atoms with E-state index < -0.39 is 22.2 Å². The molecule has 0 spiro atoms. The first-order valence-corrected chi connectivity index (χ1v) is 21.9. The summed E-state index contributed by atoms with van der Waals surface area (Å²) in [5, 5.41) is 2.75. The minimum atomic E-state index is -1.47. The Balaban J connectivity index is 1.40. The number of benzene rings is 5. The molecule has 0 amide bonds. The second-order valence-corrected chi connectivity index (χ2v) is 23.3. The van der Waals surface area contributed by atoms with E-state index in [4.69, 9.17) is 21.8 Å². The molecule has 6 rings (SSSR count). The fourth-order valence-electron chi connectivity index (χ4n) is 5.06. The van der Waals surface area contributed by atoms with Gasteiger partial charge in [0, 0.05) is 16.7 Å². The Morgan fingerprint density at radius 1 is 0.409 bits per heavy atom. The summed E-state index contributed by atoms with van der Waals surface area (Å²) in [5.41, 5.74) is 5.23. The van der Waals surface area contributed by atoms with Gasteiger partial charge in [-0.15, -0.1) is 0 Å². The molecule has 0 N–H and O–H groups in total. The molecular formula is C39H39N3Si2. The molecular weight excluding hydrogens is 567 g/mol. The van der Waals surface area contributed by atoms with E-state index >= 15 is 0 Å². The molecule has 6 aromatic rings. The van der Waals surface area contributed by atoms with Crippen LogP contribution in [-0.4, -0.2) is 31.1 Å². The molecule has 0 atom stereocenters. The van der Waals surface area contributed by atoms with Crippen molar-refractivity contribution in [2.45, 2.75) is 39.3 Å². The fourth-order valence-corrected chi connectivity index (χ4v) is 7.40. The lowest BCUT2D eigenvalue weighted by Crippen LogP contribution is -2.37. The zero-order valence-electron chi connectivity index (χ0n) is 31.1. The van der Waals surface area contributed by atoms with Crippen molar-refractivity contribution in [2.24, 2.45) is 0 Å². The molecule has 0 aliphatic heterocycles. The normalized spacial score (nSPS) is 13.5. The SMILES string of the molecule is [2H]c1c([2H])c([2H])c(-c2cccc(-c3ccc(-c4nc(-c5ccc([Si](C)(C)C)cc5)nc(-c5ccc([Si](C)(C)C)cc5)n4)cc3)c2)c([2H])c1[2H]. The maximum Gasteiger partial charge on any atom is 0.164 e. The first-order valence-electron chi connectivity index (χ1n) is 17.4. The lowest BCUT2D eigenvalue weighted by Gasteiger charge is -2.17. The second kappa shape index (κ2) is 11.9. The molecule has 44 heavy (non-hydrogen) atoms. The van der Waals surface area contributed by atoms with Crippen LogP contribution in [0.1, 0.15) is 6.85 Å². The van der Waals surface area contributed by atoms with Gasteiger partial charge in [0.05, 0.1) is 23.0 Å². The van der Waals surface area contributed by atoms with Gasteiger partial charge in [-0.05, 0) is 28.3 Å². The molecule has 0 aliphatic carbocycles. The maximum absolute atomic E-state index is 8.42. The largest absolute Gasteiger partial charge is 0.208 e. The highest BCUT2D eigenvalue weighted by molar-refractivity contribution is 6.89. The molecule has 0 saturated carbocycles. The number of rotatable bonds is 7. The van der Waals surface area contributed by atoms with Crippen LogP contribution >= 0.6 is 0 Å². The van der Waals surface area contributed by atoms with Gasteiger partial charge in [-0.1, -0.05) is 171 Å². The van der Waals surface area contributed by atoms with Crippen LogP contribution in [0.15, 0.2) is 127 Å². The van der Waals surface area contributed by atoms with Gasteiger partial charge in [0.1, 0.15) is 0 Å². The molecule has 1 aromatic heterocycles. The Labute approximate surface area is 270 Å². The summed E-state index contributed by atoms with van der Waals surface area (Å²) >= 11 is 0. The summed E-state index contributed by atoms with van der Waals surface area (Å²) in [5.74, 6) is 1.81. The molecule has 0 fully saturated rings. The van der Waals surface area contributed by atoms with Crippen LogP contribution < -0.4 is 10.4 Å². The Morgan fingerprint density at radius 3 is 1.18 bits per heavy atom. The van der Waals surface area contributed by atoms with Gasteiger partial charge in [-0.2, -0.15) is 0 Å². The van der Waals surface area contributed by atoms with Crippen LogP contribution in [0.2, 0.25) is 39.3 Å². The molecule has 0 saturated heterocycles. The third-order valence-electron chi connectivity index (χ3n) is 7.78. The van der Waals surface area contributed by atoms with Gasteiger partial charge in [-0.3, -0.25) is 0 Å². The first kappa shape index (κ1) is 23.9. The molecule has 1 heterocycles. The van der Waals surface area contributed by atoms with Crippen LogP contribution in [0.4, 0.5) is 0 Å². The molecule has 0 radical (unpaired) electrons. The smallest absolute Gasteiger partial charge is 0.164 e. The van der Waals surface area contributed by atoms with Crippen molar-refractivity contribution < 1.29 is 6.85 Å². The zero-order chi connectivity index (χ0) is 35.2. The number of nitrogens with zero attached hydrogens (tertiary/aromatic N) is 3. The highest BCUT2D eigenvalue weighted by atomic mass is 28.3. The highest BCUT2D eigenvalue weighted by Crippen LogP contribution is 2.29. The van der Waals surface area contributed by atoms with Crippen molar-refractivity contribution in [1.82, 2.24) is 15.0 Å². The van der Waals surface area contributed by atoms with Gasteiger partial charge in [0.15, 0.2) is 17.5 Å². The summed E-state index contributed by atoms with van der Waals surface area (Å²) in [6.07, 6.45) is 0.